The lowest BCUT2D eigenvalue weighted by atomic mass is 10.0. The fourth-order valence-corrected chi connectivity index (χ4v) is 3.38. The first-order valence-electron chi connectivity index (χ1n) is 8.89. The summed E-state index contributed by atoms with van der Waals surface area (Å²) in [5.74, 6) is 1.79. The monoisotopic (exact) mass is 328 g/mol. The van der Waals surface area contributed by atoms with Crippen LogP contribution in [-0.4, -0.2) is 51.5 Å². The van der Waals surface area contributed by atoms with Gasteiger partial charge in [-0.3, -0.25) is 4.90 Å². The third-order valence-electron chi connectivity index (χ3n) is 4.83. The quantitative estimate of drug-likeness (QED) is 0.817. The molecule has 0 spiro atoms. The van der Waals surface area contributed by atoms with Gasteiger partial charge in [-0.2, -0.15) is 5.10 Å². The van der Waals surface area contributed by atoms with Crippen LogP contribution in [0.4, 0.5) is 0 Å². The summed E-state index contributed by atoms with van der Waals surface area (Å²) in [4.78, 5) is 6.93. The van der Waals surface area contributed by atoms with Crippen LogP contribution in [0.5, 0.6) is 0 Å². The van der Waals surface area contributed by atoms with E-state index < -0.39 is 0 Å². The summed E-state index contributed by atoms with van der Waals surface area (Å²) in [5, 5.41) is 4.46. The zero-order valence-corrected chi connectivity index (χ0v) is 15.0. The second-order valence-corrected chi connectivity index (χ2v) is 6.75. The van der Waals surface area contributed by atoms with Crippen LogP contribution in [0.3, 0.4) is 0 Å². The van der Waals surface area contributed by atoms with E-state index >= 15 is 0 Å². The highest BCUT2D eigenvalue weighted by Crippen LogP contribution is 2.15. The second-order valence-electron chi connectivity index (χ2n) is 6.75. The Kier molecular flexibility index (Phi) is 5.63. The van der Waals surface area contributed by atoms with Crippen molar-refractivity contribution in [3.05, 3.63) is 47.5 Å². The topological polar surface area (TPSA) is 43.2 Å². The highest BCUT2D eigenvalue weighted by Gasteiger charge is 2.25. The smallest absolute Gasteiger partial charge is 0.147 e. The predicted molar refractivity (Wildman–Crippen MR) is 95.0 cm³/mol. The lowest BCUT2D eigenvalue weighted by Crippen LogP contribution is -2.48. The minimum atomic E-state index is 0.192. The Hall–Kier alpha value is -1.72. The highest BCUT2D eigenvalue weighted by atomic mass is 16.5. The van der Waals surface area contributed by atoms with Crippen molar-refractivity contribution in [1.29, 1.82) is 0 Å². The van der Waals surface area contributed by atoms with E-state index in [1.54, 1.807) is 0 Å². The molecule has 0 aliphatic carbocycles. The average Bonchev–Trinajstić information content (AvgIpc) is 2.91. The molecule has 0 saturated carbocycles. The molecule has 5 heteroatoms. The van der Waals surface area contributed by atoms with Gasteiger partial charge >= 0.3 is 0 Å². The first-order valence-corrected chi connectivity index (χ1v) is 8.89. The molecule has 2 aromatic rings. The van der Waals surface area contributed by atoms with E-state index in [1.165, 1.54) is 12.0 Å². The van der Waals surface area contributed by atoms with Gasteiger partial charge in [-0.05, 0) is 39.2 Å². The zero-order chi connectivity index (χ0) is 16.9. The van der Waals surface area contributed by atoms with Crippen molar-refractivity contribution in [2.45, 2.75) is 52.3 Å². The van der Waals surface area contributed by atoms with Gasteiger partial charge in [-0.25, -0.2) is 9.67 Å². The predicted octanol–water partition coefficient (Wildman–Crippen LogP) is 2.62. The Morgan fingerprint density at radius 3 is 2.75 bits per heavy atom. The molecule has 1 aliphatic rings. The van der Waals surface area contributed by atoms with Crippen molar-refractivity contribution < 1.29 is 4.74 Å². The minimum Gasteiger partial charge on any atom is -0.374 e. The van der Waals surface area contributed by atoms with Gasteiger partial charge in [0.2, 0.25) is 0 Å². The molecule has 5 nitrogen and oxygen atoms in total. The molecular formula is C19H28N4O. The molecule has 1 fully saturated rings. The van der Waals surface area contributed by atoms with Crippen molar-refractivity contribution in [2.75, 3.05) is 19.7 Å². The van der Waals surface area contributed by atoms with E-state index in [4.69, 9.17) is 4.74 Å². The van der Waals surface area contributed by atoms with Crippen LogP contribution in [0, 0.1) is 13.8 Å². The Morgan fingerprint density at radius 1 is 1.25 bits per heavy atom. The number of aromatic nitrogens is 3. The fraction of sp³-hybridized carbons (Fsp3) is 0.579. The third-order valence-corrected chi connectivity index (χ3v) is 4.83. The molecule has 1 aromatic heterocycles. The molecule has 0 N–H and O–H groups in total. The van der Waals surface area contributed by atoms with Crippen LogP contribution in [0.15, 0.2) is 30.3 Å². The minimum absolute atomic E-state index is 0.192. The number of hydrogen-bond acceptors (Lipinski definition) is 4. The molecule has 130 valence electrons. The standard InChI is InChI=1S/C19H28N4O/c1-15(9-10-18-7-5-4-6-8-18)22-11-12-24-19(13-22)14-23-17(3)20-16(2)21-23/h4-8,15,19H,9-14H2,1-3H3/t15-,19+/m1/s1. The molecule has 0 unspecified atom stereocenters. The van der Waals surface area contributed by atoms with Crippen molar-refractivity contribution in [1.82, 2.24) is 19.7 Å². The third kappa shape index (κ3) is 4.42. The van der Waals surface area contributed by atoms with Gasteiger partial charge in [0.05, 0.1) is 19.3 Å². The molecule has 1 aromatic carbocycles. The van der Waals surface area contributed by atoms with Crippen LogP contribution in [0.2, 0.25) is 0 Å². The van der Waals surface area contributed by atoms with Crippen molar-refractivity contribution >= 4 is 0 Å². The van der Waals surface area contributed by atoms with Crippen LogP contribution in [-0.2, 0) is 17.7 Å². The molecule has 0 bridgehead atoms. The van der Waals surface area contributed by atoms with Gasteiger partial charge in [-0.1, -0.05) is 30.3 Å². The van der Waals surface area contributed by atoms with E-state index in [0.29, 0.717) is 6.04 Å². The second kappa shape index (κ2) is 7.90. The summed E-state index contributed by atoms with van der Waals surface area (Å²) < 4.78 is 7.93. The summed E-state index contributed by atoms with van der Waals surface area (Å²) >= 11 is 0. The Labute approximate surface area is 144 Å². The number of aryl methyl sites for hydroxylation is 3. The number of morpholine rings is 1. The Bertz CT molecular complexity index is 640. The lowest BCUT2D eigenvalue weighted by Gasteiger charge is -2.37. The van der Waals surface area contributed by atoms with Gasteiger partial charge in [0.1, 0.15) is 11.6 Å². The highest BCUT2D eigenvalue weighted by molar-refractivity contribution is 5.14. The fourth-order valence-electron chi connectivity index (χ4n) is 3.38. The zero-order valence-electron chi connectivity index (χ0n) is 15.0. The summed E-state index contributed by atoms with van der Waals surface area (Å²) in [5.41, 5.74) is 1.42. The lowest BCUT2D eigenvalue weighted by molar-refractivity contribution is -0.0503. The first-order chi connectivity index (χ1) is 11.6. The van der Waals surface area contributed by atoms with E-state index in [9.17, 15) is 0 Å². The molecule has 3 rings (SSSR count). The number of benzene rings is 1. The Morgan fingerprint density at radius 2 is 2.04 bits per heavy atom. The van der Waals surface area contributed by atoms with Crippen molar-refractivity contribution in [3.63, 3.8) is 0 Å². The van der Waals surface area contributed by atoms with Gasteiger partial charge in [0.25, 0.3) is 0 Å². The van der Waals surface area contributed by atoms with E-state index in [-0.39, 0.29) is 6.10 Å². The molecule has 0 radical (unpaired) electrons. The summed E-state index contributed by atoms with van der Waals surface area (Å²) in [7, 11) is 0. The molecule has 0 amide bonds. The average molecular weight is 328 g/mol. The molecule has 2 heterocycles. The summed E-state index contributed by atoms with van der Waals surface area (Å²) in [6, 6.07) is 11.3. The molecule has 2 atom stereocenters. The summed E-state index contributed by atoms with van der Waals surface area (Å²) in [6.07, 6.45) is 2.50. The SMILES string of the molecule is Cc1nc(C)n(C[C@@H]2CN([C@H](C)CCc3ccccc3)CCO2)n1. The van der Waals surface area contributed by atoms with Crippen LogP contribution < -0.4 is 0 Å². The van der Waals surface area contributed by atoms with Gasteiger partial charge in [0, 0.05) is 19.1 Å². The maximum atomic E-state index is 5.96. The maximum Gasteiger partial charge on any atom is 0.147 e. The van der Waals surface area contributed by atoms with Gasteiger partial charge in [0.15, 0.2) is 0 Å². The van der Waals surface area contributed by atoms with E-state index in [1.807, 2.05) is 18.5 Å². The number of hydrogen-bond donors (Lipinski definition) is 0. The van der Waals surface area contributed by atoms with Crippen molar-refractivity contribution in [3.8, 4) is 0 Å². The number of ether oxygens (including phenoxy) is 1. The molecular weight excluding hydrogens is 300 g/mol. The molecule has 24 heavy (non-hydrogen) atoms. The van der Waals surface area contributed by atoms with Crippen LogP contribution >= 0.6 is 0 Å². The number of nitrogens with zero attached hydrogens (tertiary/aromatic N) is 4. The van der Waals surface area contributed by atoms with E-state index in [2.05, 4.69) is 52.2 Å². The summed E-state index contributed by atoms with van der Waals surface area (Å²) in [6.45, 7) is 9.83. The molecule has 1 saturated heterocycles. The maximum absolute atomic E-state index is 5.96. The van der Waals surface area contributed by atoms with Crippen molar-refractivity contribution in [2.24, 2.45) is 0 Å². The number of rotatable bonds is 6. The normalized spacial score (nSPS) is 20.2. The van der Waals surface area contributed by atoms with Gasteiger partial charge in [-0.15, -0.1) is 0 Å². The first kappa shape index (κ1) is 17.1. The van der Waals surface area contributed by atoms with Gasteiger partial charge < -0.3 is 4.74 Å². The molecule has 1 aliphatic heterocycles. The Balaban J connectivity index is 1.52. The van der Waals surface area contributed by atoms with Crippen LogP contribution in [0.25, 0.3) is 0 Å². The largest absolute Gasteiger partial charge is 0.374 e. The van der Waals surface area contributed by atoms with Crippen LogP contribution in [0.1, 0.15) is 30.6 Å². The van der Waals surface area contributed by atoms with E-state index in [0.717, 1.165) is 44.3 Å².